The molecule has 2 aromatic heterocycles. The topological polar surface area (TPSA) is 103 Å². The Bertz CT molecular complexity index is 945. The Morgan fingerprint density at radius 2 is 1.96 bits per heavy atom. The maximum absolute atomic E-state index is 12.1. The van der Waals surface area contributed by atoms with Crippen molar-refractivity contribution in [3.8, 4) is 0 Å². The fraction of sp³-hybridized carbons (Fsp3) is 0.333. The average molecular weight is 419 g/mol. The smallest absolute Gasteiger partial charge is 0.253 e. The number of fused-ring (bicyclic) bond motifs is 1. The highest BCUT2D eigenvalue weighted by Crippen LogP contribution is 2.27. The molecule has 1 unspecified atom stereocenters. The van der Waals surface area contributed by atoms with E-state index < -0.39 is 6.10 Å². The number of thioether (sulfide) groups is 1. The molecule has 0 fully saturated rings. The molecule has 0 aliphatic rings. The maximum Gasteiger partial charge on any atom is 0.253 e. The highest BCUT2D eigenvalue weighted by Gasteiger charge is 2.12. The van der Waals surface area contributed by atoms with Crippen molar-refractivity contribution in [1.29, 1.82) is 0 Å². The SMILES string of the molecule is CSc1cnc(NCC(O)CNc2nc3ccc(C(=O)N(C)C)cc3s2)nc1. The van der Waals surface area contributed by atoms with Crippen LogP contribution in [0.25, 0.3) is 10.2 Å². The molecule has 10 heteroatoms. The van der Waals surface area contributed by atoms with Gasteiger partial charge in [-0.2, -0.15) is 0 Å². The number of aliphatic hydroxyl groups excluding tert-OH is 1. The molecule has 0 saturated carbocycles. The molecular weight excluding hydrogens is 396 g/mol. The third kappa shape index (κ3) is 5.09. The molecule has 1 amide bonds. The Kier molecular flexibility index (Phi) is 6.65. The molecule has 0 bridgehead atoms. The van der Waals surface area contributed by atoms with Gasteiger partial charge in [-0.15, -0.1) is 11.8 Å². The van der Waals surface area contributed by atoms with Gasteiger partial charge in [0.25, 0.3) is 5.91 Å². The number of aliphatic hydroxyl groups is 1. The van der Waals surface area contributed by atoms with E-state index in [0.717, 1.165) is 15.1 Å². The first-order valence-electron chi connectivity index (χ1n) is 8.60. The van der Waals surface area contributed by atoms with Gasteiger partial charge in [-0.05, 0) is 24.5 Å². The molecule has 3 aromatic rings. The van der Waals surface area contributed by atoms with E-state index in [0.29, 0.717) is 29.7 Å². The van der Waals surface area contributed by atoms with Gasteiger partial charge >= 0.3 is 0 Å². The van der Waals surface area contributed by atoms with Crippen LogP contribution in [-0.4, -0.2) is 70.4 Å². The highest BCUT2D eigenvalue weighted by atomic mass is 32.2. The Morgan fingerprint density at radius 1 is 1.25 bits per heavy atom. The quantitative estimate of drug-likeness (QED) is 0.479. The van der Waals surface area contributed by atoms with Crippen LogP contribution in [0.3, 0.4) is 0 Å². The zero-order chi connectivity index (χ0) is 20.1. The predicted octanol–water partition coefficient (Wildman–Crippen LogP) is 2.39. The second kappa shape index (κ2) is 9.18. The number of rotatable bonds is 8. The van der Waals surface area contributed by atoms with Crippen LogP contribution in [0.4, 0.5) is 11.1 Å². The fourth-order valence-electron chi connectivity index (χ4n) is 2.39. The summed E-state index contributed by atoms with van der Waals surface area (Å²) in [5.74, 6) is 0.439. The van der Waals surface area contributed by atoms with Crippen LogP contribution in [-0.2, 0) is 0 Å². The zero-order valence-electron chi connectivity index (χ0n) is 15.8. The Balaban J connectivity index is 1.54. The number of carbonyl (C=O) groups is 1. The van der Waals surface area contributed by atoms with E-state index in [-0.39, 0.29) is 5.91 Å². The number of hydrogen-bond acceptors (Lipinski definition) is 9. The summed E-state index contributed by atoms with van der Waals surface area (Å²) in [4.78, 5) is 27.5. The summed E-state index contributed by atoms with van der Waals surface area (Å²) in [6.07, 6.45) is 4.80. The standard InChI is InChI=1S/C18H22N6O2S2/c1-24(2)16(26)11-4-5-14-15(6-11)28-18(23-14)22-8-12(25)7-19-17-20-9-13(27-3)10-21-17/h4-6,9-10,12,25H,7-8H2,1-3H3,(H,22,23)(H,19,20,21). The van der Waals surface area contributed by atoms with E-state index in [1.165, 1.54) is 11.3 Å². The summed E-state index contributed by atoms with van der Waals surface area (Å²) in [6.45, 7) is 0.650. The van der Waals surface area contributed by atoms with Crippen molar-refractivity contribution in [3.05, 3.63) is 36.2 Å². The lowest BCUT2D eigenvalue weighted by Gasteiger charge is -2.12. The molecule has 0 radical (unpaired) electrons. The maximum atomic E-state index is 12.1. The van der Waals surface area contributed by atoms with Gasteiger partial charge in [0.05, 0.1) is 16.3 Å². The third-order valence-corrected chi connectivity index (χ3v) is 5.55. The van der Waals surface area contributed by atoms with Crippen molar-refractivity contribution in [2.45, 2.75) is 11.0 Å². The van der Waals surface area contributed by atoms with Gasteiger partial charge in [-0.25, -0.2) is 15.0 Å². The molecule has 3 N–H and O–H groups in total. The summed E-state index contributed by atoms with van der Waals surface area (Å²) < 4.78 is 0.921. The van der Waals surface area contributed by atoms with E-state index in [2.05, 4.69) is 25.6 Å². The van der Waals surface area contributed by atoms with E-state index in [1.54, 1.807) is 49.2 Å². The molecule has 28 heavy (non-hydrogen) atoms. The monoisotopic (exact) mass is 418 g/mol. The van der Waals surface area contributed by atoms with Crippen molar-refractivity contribution in [2.75, 3.05) is 44.1 Å². The summed E-state index contributed by atoms with van der Waals surface area (Å²) in [5.41, 5.74) is 1.45. The number of amides is 1. The number of hydrogen-bond donors (Lipinski definition) is 3. The van der Waals surface area contributed by atoms with Crippen molar-refractivity contribution in [1.82, 2.24) is 19.9 Å². The number of benzene rings is 1. The van der Waals surface area contributed by atoms with Gasteiger partial charge in [-0.1, -0.05) is 11.3 Å². The minimum atomic E-state index is -0.637. The van der Waals surface area contributed by atoms with Crippen LogP contribution in [0.2, 0.25) is 0 Å². The van der Waals surface area contributed by atoms with Crippen LogP contribution >= 0.6 is 23.1 Å². The summed E-state index contributed by atoms with van der Waals surface area (Å²) in [7, 11) is 3.45. The van der Waals surface area contributed by atoms with Crippen LogP contribution in [0.1, 0.15) is 10.4 Å². The van der Waals surface area contributed by atoms with Crippen LogP contribution < -0.4 is 10.6 Å². The van der Waals surface area contributed by atoms with Crippen LogP contribution in [0, 0.1) is 0 Å². The first-order valence-corrected chi connectivity index (χ1v) is 10.6. The lowest BCUT2D eigenvalue weighted by molar-refractivity contribution is 0.0828. The molecule has 2 heterocycles. The number of anilines is 2. The third-order valence-electron chi connectivity index (χ3n) is 3.89. The Labute approximate surface area is 171 Å². The molecule has 0 saturated heterocycles. The second-order valence-electron chi connectivity index (χ2n) is 6.26. The Morgan fingerprint density at radius 3 is 2.64 bits per heavy atom. The average Bonchev–Trinajstić information content (AvgIpc) is 3.12. The number of nitrogens with zero attached hydrogens (tertiary/aromatic N) is 4. The Hall–Kier alpha value is -2.43. The normalized spacial score (nSPS) is 12.0. The molecule has 3 rings (SSSR count). The molecule has 0 aliphatic carbocycles. The molecule has 0 spiro atoms. The predicted molar refractivity (Wildman–Crippen MR) is 114 cm³/mol. The number of thiazole rings is 1. The molecule has 1 aromatic carbocycles. The van der Waals surface area contributed by atoms with Crippen molar-refractivity contribution < 1.29 is 9.90 Å². The minimum absolute atomic E-state index is 0.0425. The lowest BCUT2D eigenvalue weighted by Crippen LogP contribution is -2.28. The first kappa shape index (κ1) is 20.3. The van der Waals surface area contributed by atoms with Gasteiger partial charge in [0.1, 0.15) is 0 Å². The van der Waals surface area contributed by atoms with Crippen molar-refractivity contribution in [3.63, 3.8) is 0 Å². The molecular formula is C18H22N6O2S2. The molecule has 1 atom stereocenters. The fourth-order valence-corrected chi connectivity index (χ4v) is 3.62. The number of carbonyl (C=O) groups excluding carboxylic acids is 1. The lowest BCUT2D eigenvalue weighted by atomic mass is 10.2. The molecule has 148 valence electrons. The minimum Gasteiger partial charge on any atom is -0.389 e. The highest BCUT2D eigenvalue weighted by molar-refractivity contribution is 7.98. The number of aromatic nitrogens is 3. The van der Waals surface area contributed by atoms with E-state index >= 15 is 0 Å². The second-order valence-corrected chi connectivity index (χ2v) is 8.17. The van der Waals surface area contributed by atoms with E-state index in [1.807, 2.05) is 18.4 Å². The summed E-state index contributed by atoms with van der Waals surface area (Å²) >= 11 is 3.02. The van der Waals surface area contributed by atoms with E-state index in [4.69, 9.17) is 0 Å². The molecule has 8 nitrogen and oxygen atoms in total. The number of nitrogens with one attached hydrogen (secondary N) is 2. The van der Waals surface area contributed by atoms with Gasteiger partial charge in [-0.3, -0.25) is 4.79 Å². The van der Waals surface area contributed by atoms with Gasteiger partial charge in [0, 0.05) is 50.0 Å². The summed E-state index contributed by atoms with van der Waals surface area (Å²) in [5, 5.41) is 17.0. The van der Waals surface area contributed by atoms with Crippen molar-refractivity contribution in [2.24, 2.45) is 0 Å². The first-order chi connectivity index (χ1) is 13.5. The van der Waals surface area contributed by atoms with Gasteiger partial charge in [0.2, 0.25) is 5.95 Å². The van der Waals surface area contributed by atoms with Gasteiger partial charge < -0.3 is 20.6 Å². The van der Waals surface area contributed by atoms with Crippen LogP contribution in [0.15, 0.2) is 35.5 Å². The largest absolute Gasteiger partial charge is 0.389 e. The van der Waals surface area contributed by atoms with Crippen LogP contribution in [0.5, 0.6) is 0 Å². The zero-order valence-corrected chi connectivity index (χ0v) is 17.5. The molecule has 0 aliphatic heterocycles. The van der Waals surface area contributed by atoms with Gasteiger partial charge in [0.15, 0.2) is 5.13 Å². The van der Waals surface area contributed by atoms with E-state index in [9.17, 15) is 9.90 Å². The summed E-state index contributed by atoms with van der Waals surface area (Å²) in [6, 6.07) is 5.45. The van der Waals surface area contributed by atoms with Crippen molar-refractivity contribution >= 4 is 50.3 Å².